The van der Waals surface area contributed by atoms with Crippen LogP contribution in [0.1, 0.15) is 11.5 Å². The molecular weight excluding hydrogens is 240 g/mol. The number of H-pyrrole nitrogens is 1. The van der Waals surface area contributed by atoms with E-state index in [1.807, 2.05) is 32.0 Å². The van der Waals surface area contributed by atoms with Crippen LogP contribution in [0, 0.1) is 13.8 Å². The lowest BCUT2D eigenvalue weighted by atomic mass is 10.1. The van der Waals surface area contributed by atoms with Crippen LogP contribution in [0.4, 0.5) is 0 Å². The molecule has 0 fully saturated rings. The highest BCUT2D eigenvalue weighted by Crippen LogP contribution is 2.28. The van der Waals surface area contributed by atoms with Crippen molar-refractivity contribution < 1.29 is 0 Å². The van der Waals surface area contributed by atoms with Gasteiger partial charge in [0, 0.05) is 15.7 Å². The van der Waals surface area contributed by atoms with E-state index in [0.717, 1.165) is 27.2 Å². The van der Waals surface area contributed by atoms with Gasteiger partial charge in [-0.25, -0.2) is 4.98 Å². The van der Waals surface area contributed by atoms with Gasteiger partial charge in [0.25, 0.3) is 0 Å². The van der Waals surface area contributed by atoms with E-state index in [1.54, 1.807) is 0 Å². The molecule has 0 saturated carbocycles. The van der Waals surface area contributed by atoms with Crippen LogP contribution in [0.5, 0.6) is 0 Å². The van der Waals surface area contributed by atoms with Crippen LogP contribution < -0.4 is 0 Å². The van der Waals surface area contributed by atoms with Crippen LogP contribution in [0.3, 0.4) is 0 Å². The highest BCUT2D eigenvalue weighted by molar-refractivity contribution is 9.10. The summed E-state index contributed by atoms with van der Waals surface area (Å²) in [6, 6.07) is 8.11. The summed E-state index contributed by atoms with van der Waals surface area (Å²) in [6.07, 6.45) is 0. The SMILES string of the molecule is Cc1nc(-c2ccccc2Br)c(C)[nH]1. The Balaban J connectivity index is 2.60. The summed E-state index contributed by atoms with van der Waals surface area (Å²) in [5.74, 6) is 0.952. The molecule has 72 valence electrons. The minimum absolute atomic E-state index is 0.952. The van der Waals surface area contributed by atoms with Crippen LogP contribution in [0.25, 0.3) is 11.3 Å². The number of aromatic nitrogens is 2. The maximum atomic E-state index is 4.46. The first kappa shape index (κ1) is 9.46. The molecule has 0 atom stereocenters. The van der Waals surface area contributed by atoms with Crippen molar-refractivity contribution in [3.05, 3.63) is 40.3 Å². The predicted molar refractivity (Wildman–Crippen MR) is 61.2 cm³/mol. The van der Waals surface area contributed by atoms with Gasteiger partial charge in [0.2, 0.25) is 0 Å². The van der Waals surface area contributed by atoms with E-state index in [1.165, 1.54) is 0 Å². The number of rotatable bonds is 1. The topological polar surface area (TPSA) is 28.7 Å². The first-order valence-electron chi connectivity index (χ1n) is 4.46. The highest BCUT2D eigenvalue weighted by atomic mass is 79.9. The Morgan fingerprint density at radius 1 is 1.21 bits per heavy atom. The fourth-order valence-electron chi connectivity index (χ4n) is 1.53. The summed E-state index contributed by atoms with van der Waals surface area (Å²) in [5.41, 5.74) is 3.26. The molecular formula is C11H11BrN2. The second-order valence-corrected chi connectivity index (χ2v) is 4.13. The zero-order chi connectivity index (χ0) is 10.1. The standard InChI is InChI=1S/C11H11BrN2/c1-7-11(14-8(2)13-7)9-5-3-4-6-10(9)12/h3-6H,1-2H3,(H,13,14). The Kier molecular flexibility index (Phi) is 2.42. The van der Waals surface area contributed by atoms with E-state index in [2.05, 4.69) is 32.0 Å². The van der Waals surface area contributed by atoms with Gasteiger partial charge in [-0.3, -0.25) is 0 Å². The van der Waals surface area contributed by atoms with Crippen molar-refractivity contribution in [1.29, 1.82) is 0 Å². The third kappa shape index (κ3) is 1.60. The Labute approximate surface area is 91.5 Å². The summed E-state index contributed by atoms with van der Waals surface area (Å²) >= 11 is 3.52. The van der Waals surface area contributed by atoms with Crippen molar-refractivity contribution in [3.8, 4) is 11.3 Å². The number of hydrogen-bond donors (Lipinski definition) is 1. The summed E-state index contributed by atoms with van der Waals surface area (Å²) in [5, 5.41) is 0. The number of imidazole rings is 1. The van der Waals surface area contributed by atoms with Crippen LogP contribution >= 0.6 is 15.9 Å². The molecule has 1 aromatic carbocycles. The zero-order valence-corrected chi connectivity index (χ0v) is 9.72. The molecule has 0 aliphatic carbocycles. The Bertz CT molecular complexity index is 460. The van der Waals surface area contributed by atoms with Gasteiger partial charge >= 0.3 is 0 Å². The third-order valence-electron chi connectivity index (χ3n) is 2.13. The predicted octanol–water partition coefficient (Wildman–Crippen LogP) is 3.46. The fraction of sp³-hybridized carbons (Fsp3) is 0.182. The molecule has 0 bridgehead atoms. The van der Waals surface area contributed by atoms with Gasteiger partial charge in [-0.2, -0.15) is 0 Å². The molecule has 2 nitrogen and oxygen atoms in total. The van der Waals surface area contributed by atoms with Crippen molar-refractivity contribution in [2.45, 2.75) is 13.8 Å². The summed E-state index contributed by atoms with van der Waals surface area (Å²) in [7, 11) is 0. The number of benzene rings is 1. The van der Waals surface area contributed by atoms with Gasteiger partial charge in [-0.05, 0) is 19.9 Å². The maximum Gasteiger partial charge on any atom is 0.103 e. The Morgan fingerprint density at radius 2 is 1.93 bits per heavy atom. The first-order valence-corrected chi connectivity index (χ1v) is 5.26. The van der Waals surface area contributed by atoms with Gasteiger partial charge < -0.3 is 4.98 Å². The van der Waals surface area contributed by atoms with E-state index in [4.69, 9.17) is 0 Å². The number of aryl methyl sites for hydroxylation is 2. The minimum Gasteiger partial charge on any atom is -0.346 e. The monoisotopic (exact) mass is 250 g/mol. The quantitative estimate of drug-likeness (QED) is 0.826. The maximum absolute atomic E-state index is 4.46. The van der Waals surface area contributed by atoms with Crippen LogP contribution in [0.2, 0.25) is 0 Å². The molecule has 2 rings (SSSR count). The average Bonchev–Trinajstić information content (AvgIpc) is 2.46. The van der Waals surface area contributed by atoms with Gasteiger partial charge in [0.15, 0.2) is 0 Å². The van der Waals surface area contributed by atoms with Crippen LogP contribution in [-0.2, 0) is 0 Å². The number of hydrogen-bond acceptors (Lipinski definition) is 1. The summed E-state index contributed by atoms with van der Waals surface area (Å²) in [6.45, 7) is 4.00. The Morgan fingerprint density at radius 3 is 2.50 bits per heavy atom. The molecule has 1 N–H and O–H groups in total. The molecule has 0 aliphatic rings. The molecule has 0 spiro atoms. The molecule has 0 radical (unpaired) electrons. The zero-order valence-electron chi connectivity index (χ0n) is 8.13. The van der Waals surface area contributed by atoms with Gasteiger partial charge in [0.1, 0.15) is 5.82 Å². The lowest BCUT2D eigenvalue weighted by Crippen LogP contribution is -1.82. The highest BCUT2D eigenvalue weighted by Gasteiger charge is 2.08. The molecule has 0 aliphatic heterocycles. The molecule has 2 aromatic rings. The van der Waals surface area contributed by atoms with Gasteiger partial charge in [-0.15, -0.1) is 0 Å². The number of nitrogens with zero attached hydrogens (tertiary/aromatic N) is 1. The molecule has 3 heteroatoms. The summed E-state index contributed by atoms with van der Waals surface area (Å²) < 4.78 is 1.08. The van der Waals surface area contributed by atoms with Crippen molar-refractivity contribution in [3.63, 3.8) is 0 Å². The minimum atomic E-state index is 0.952. The van der Waals surface area contributed by atoms with E-state index in [-0.39, 0.29) is 0 Å². The van der Waals surface area contributed by atoms with E-state index < -0.39 is 0 Å². The second kappa shape index (κ2) is 3.58. The second-order valence-electron chi connectivity index (χ2n) is 3.28. The van der Waals surface area contributed by atoms with E-state index >= 15 is 0 Å². The molecule has 1 aromatic heterocycles. The number of nitrogens with one attached hydrogen (secondary N) is 1. The molecule has 0 saturated heterocycles. The first-order chi connectivity index (χ1) is 6.68. The van der Waals surface area contributed by atoms with Crippen molar-refractivity contribution in [1.82, 2.24) is 9.97 Å². The van der Waals surface area contributed by atoms with Crippen LogP contribution in [0.15, 0.2) is 28.7 Å². The van der Waals surface area contributed by atoms with E-state index in [0.29, 0.717) is 0 Å². The third-order valence-corrected chi connectivity index (χ3v) is 2.82. The number of aromatic amines is 1. The average molecular weight is 251 g/mol. The van der Waals surface area contributed by atoms with Gasteiger partial charge in [-0.1, -0.05) is 34.1 Å². The van der Waals surface area contributed by atoms with Crippen molar-refractivity contribution in [2.75, 3.05) is 0 Å². The number of halogens is 1. The largest absolute Gasteiger partial charge is 0.346 e. The van der Waals surface area contributed by atoms with Crippen molar-refractivity contribution in [2.24, 2.45) is 0 Å². The van der Waals surface area contributed by atoms with Crippen LogP contribution in [-0.4, -0.2) is 9.97 Å². The fourth-order valence-corrected chi connectivity index (χ4v) is 2.00. The lowest BCUT2D eigenvalue weighted by molar-refractivity contribution is 1.13. The smallest absolute Gasteiger partial charge is 0.103 e. The van der Waals surface area contributed by atoms with E-state index in [9.17, 15) is 0 Å². The molecule has 14 heavy (non-hydrogen) atoms. The van der Waals surface area contributed by atoms with Crippen molar-refractivity contribution >= 4 is 15.9 Å². The molecule has 0 amide bonds. The normalized spacial score (nSPS) is 10.5. The molecule has 0 unspecified atom stereocenters. The molecule has 1 heterocycles. The Hall–Kier alpha value is -1.09. The summed E-state index contributed by atoms with van der Waals surface area (Å²) in [4.78, 5) is 7.66. The lowest BCUT2D eigenvalue weighted by Gasteiger charge is -2.00. The van der Waals surface area contributed by atoms with Gasteiger partial charge in [0.05, 0.1) is 5.69 Å².